The molecule has 2 fully saturated rings. The first-order valence-electron chi connectivity index (χ1n) is 11.7. The Hall–Kier alpha value is -2.00. The number of benzene rings is 1. The van der Waals surface area contributed by atoms with E-state index in [2.05, 4.69) is 29.0 Å². The SMILES string of the molecule is CC(C)c1nn(C)c(N2CCOCC2)c1CNCC(c1cccc(F)c1)N1CCOCC1. The Morgan fingerprint density at radius 1 is 1.06 bits per heavy atom. The van der Waals surface area contributed by atoms with Crippen molar-refractivity contribution in [1.29, 1.82) is 0 Å². The lowest BCUT2D eigenvalue weighted by Crippen LogP contribution is -2.43. The fraction of sp³-hybridized carbons (Fsp3) is 0.625. The number of aryl methyl sites for hydroxylation is 1. The molecule has 4 rings (SSSR count). The van der Waals surface area contributed by atoms with Gasteiger partial charge in [0.1, 0.15) is 11.6 Å². The van der Waals surface area contributed by atoms with Crippen molar-refractivity contribution in [3.8, 4) is 0 Å². The first-order valence-corrected chi connectivity index (χ1v) is 11.7. The zero-order valence-electron chi connectivity index (χ0n) is 19.5. The van der Waals surface area contributed by atoms with Gasteiger partial charge in [-0.25, -0.2) is 4.39 Å². The second-order valence-electron chi connectivity index (χ2n) is 8.92. The minimum absolute atomic E-state index is 0.0978. The standard InChI is InChI=1S/C24H36FN5O2/c1-18(2)23-21(24(28(3)27-23)30-9-13-32-14-10-30)16-26-17-22(29-7-11-31-12-8-29)19-5-4-6-20(25)15-19/h4-6,15,18,22,26H,7-14,16-17H2,1-3H3. The average molecular weight is 446 g/mol. The molecule has 0 bridgehead atoms. The van der Waals surface area contributed by atoms with Gasteiger partial charge in [0, 0.05) is 57.9 Å². The molecular formula is C24H36FN5O2. The zero-order valence-corrected chi connectivity index (χ0v) is 19.5. The van der Waals surface area contributed by atoms with E-state index < -0.39 is 0 Å². The lowest BCUT2D eigenvalue weighted by molar-refractivity contribution is 0.0160. The molecule has 0 amide bonds. The number of anilines is 1. The smallest absolute Gasteiger partial charge is 0.131 e. The van der Waals surface area contributed by atoms with Crippen LogP contribution in [0.1, 0.15) is 42.6 Å². The van der Waals surface area contributed by atoms with Crippen LogP contribution in [0.2, 0.25) is 0 Å². The highest BCUT2D eigenvalue weighted by molar-refractivity contribution is 5.51. The van der Waals surface area contributed by atoms with Crippen molar-refractivity contribution in [2.45, 2.75) is 32.4 Å². The molecule has 2 aromatic rings. The van der Waals surface area contributed by atoms with Crippen LogP contribution in [-0.2, 0) is 23.1 Å². The number of nitrogens with one attached hydrogen (secondary N) is 1. The van der Waals surface area contributed by atoms with E-state index in [9.17, 15) is 4.39 Å². The van der Waals surface area contributed by atoms with Crippen molar-refractivity contribution >= 4 is 5.82 Å². The van der Waals surface area contributed by atoms with Gasteiger partial charge in [0.2, 0.25) is 0 Å². The van der Waals surface area contributed by atoms with Gasteiger partial charge < -0.3 is 19.7 Å². The number of ether oxygens (including phenoxy) is 2. The molecular weight excluding hydrogens is 409 g/mol. The van der Waals surface area contributed by atoms with Gasteiger partial charge in [0.05, 0.1) is 32.1 Å². The number of rotatable bonds is 8. The van der Waals surface area contributed by atoms with Crippen LogP contribution in [-0.4, -0.2) is 73.8 Å². The van der Waals surface area contributed by atoms with Crippen molar-refractivity contribution in [3.63, 3.8) is 0 Å². The van der Waals surface area contributed by atoms with E-state index in [1.165, 1.54) is 17.4 Å². The minimum Gasteiger partial charge on any atom is -0.379 e. The van der Waals surface area contributed by atoms with Crippen LogP contribution >= 0.6 is 0 Å². The largest absolute Gasteiger partial charge is 0.379 e. The molecule has 2 aliphatic heterocycles. The minimum atomic E-state index is -0.190. The summed E-state index contributed by atoms with van der Waals surface area (Å²) in [6.07, 6.45) is 0. The fourth-order valence-electron chi connectivity index (χ4n) is 4.78. The maximum atomic E-state index is 14.0. The number of morpholine rings is 2. The molecule has 32 heavy (non-hydrogen) atoms. The second-order valence-corrected chi connectivity index (χ2v) is 8.92. The van der Waals surface area contributed by atoms with Crippen LogP contribution in [0.5, 0.6) is 0 Å². The van der Waals surface area contributed by atoms with Gasteiger partial charge in [-0.05, 0) is 23.6 Å². The van der Waals surface area contributed by atoms with Gasteiger partial charge in [0.15, 0.2) is 0 Å². The van der Waals surface area contributed by atoms with E-state index in [1.807, 2.05) is 17.8 Å². The van der Waals surface area contributed by atoms with E-state index in [1.54, 1.807) is 12.1 Å². The number of nitrogens with zero attached hydrogens (tertiary/aromatic N) is 4. The van der Waals surface area contributed by atoms with Crippen molar-refractivity contribution in [1.82, 2.24) is 20.0 Å². The molecule has 3 heterocycles. The molecule has 7 nitrogen and oxygen atoms in total. The molecule has 8 heteroatoms. The number of aromatic nitrogens is 2. The van der Waals surface area contributed by atoms with Crippen LogP contribution in [0.3, 0.4) is 0 Å². The third-order valence-corrected chi connectivity index (χ3v) is 6.36. The highest BCUT2D eigenvalue weighted by Crippen LogP contribution is 2.29. The molecule has 0 saturated carbocycles. The summed E-state index contributed by atoms with van der Waals surface area (Å²) in [5.74, 6) is 1.33. The van der Waals surface area contributed by atoms with Crippen LogP contribution in [0.15, 0.2) is 24.3 Å². The maximum absolute atomic E-state index is 14.0. The quantitative estimate of drug-likeness (QED) is 0.674. The van der Waals surface area contributed by atoms with Crippen LogP contribution < -0.4 is 10.2 Å². The molecule has 1 unspecified atom stereocenters. The normalized spacial score (nSPS) is 19.0. The maximum Gasteiger partial charge on any atom is 0.131 e. The number of hydrogen-bond acceptors (Lipinski definition) is 6. The predicted molar refractivity (Wildman–Crippen MR) is 124 cm³/mol. The summed E-state index contributed by atoms with van der Waals surface area (Å²) in [5, 5.41) is 8.55. The molecule has 1 N–H and O–H groups in total. The summed E-state index contributed by atoms with van der Waals surface area (Å²) in [4.78, 5) is 4.77. The lowest BCUT2D eigenvalue weighted by atomic mass is 10.0. The summed E-state index contributed by atoms with van der Waals surface area (Å²) in [6, 6.07) is 7.08. The molecule has 176 valence electrons. The summed E-state index contributed by atoms with van der Waals surface area (Å²) in [7, 11) is 2.03. The summed E-state index contributed by atoms with van der Waals surface area (Å²) in [6.45, 7) is 12.2. The van der Waals surface area contributed by atoms with Crippen molar-refractivity contribution < 1.29 is 13.9 Å². The third kappa shape index (κ3) is 5.31. The Morgan fingerprint density at radius 3 is 2.41 bits per heavy atom. The topological polar surface area (TPSA) is 54.8 Å². The van der Waals surface area contributed by atoms with Crippen LogP contribution in [0.4, 0.5) is 10.2 Å². The fourth-order valence-corrected chi connectivity index (χ4v) is 4.78. The molecule has 0 spiro atoms. The average Bonchev–Trinajstić information content (AvgIpc) is 3.14. The molecule has 2 aliphatic rings. The molecule has 0 aliphatic carbocycles. The lowest BCUT2D eigenvalue weighted by Gasteiger charge is -2.35. The van der Waals surface area contributed by atoms with E-state index in [-0.39, 0.29) is 11.9 Å². The van der Waals surface area contributed by atoms with Crippen LogP contribution in [0, 0.1) is 5.82 Å². The van der Waals surface area contributed by atoms with E-state index in [4.69, 9.17) is 14.6 Å². The molecule has 0 radical (unpaired) electrons. The highest BCUT2D eigenvalue weighted by atomic mass is 19.1. The number of halogens is 1. The van der Waals surface area contributed by atoms with Gasteiger partial charge >= 0.3 is 0 Å². The Morgan fingerprint density at radius 2 is 1.75 bits per heavy atom. The predicted octanol–water partition coefficient (Wildman–Crippen LogP) is 2.68. The monoisotopic (exact) mass is 445 g/mol. The number of hydrogen-bond donors (Lipinski definition) is 1. The molecule has 1 aromatic carbocycles. The third-order valence-electron chi connectivity index (χ3n) is 6.36. The van der Waals surface area contributed by atoms with Gasteiger partial charge in [0.25, 0.3) is 0 Å². The first-order chi connectivity index (χ1) is 15.5. The summed E-state index contributed by atoms with van der Waals surface area (Å²) >= 11 is 0. The Balaban J connectivity index is 1.53. The van der Waals surface area contributed by atoms with Gasteiger partial charge in [-0.1, -0.05) is 26.0 Å². The van der Waals surface area contributed by atoms with Gasteiger partial charge in [-0.3, -0.25) is 9.58 Å². The van der Waals surface area contributed by atoms with Gasteiger partial charge in [-0.2, -0.15) is 5.10 Å². The van der Waals surface area contributed by atoms with E-state index >= 15 is 0 Å². The second kappa shape index (κ2) is 10.7. The Bertz CT molecular complexity index is 875. The van der Waals surface area contributed by atoms with E-state index in [0.717, 1.165) is 63.7 Å². The molecule has 1 aromatic heterocycles. The zero-order chi connectivity index (χ0) is 22.5. The molecule has 1 atom stereocenters. The van der Waals surface area contributed by atoms with Crippen molar-refractivity contribution in [2.24, 2.45) is 7.05 Å². The Kier molecular flexibility index (Phi) is 7.78. The highest BCUT2D eigenvalue weighted by Gasteiger charge is 2.26. The van der Waals surface area contributed by atoms with Crippen LogP contribution in [0.25, 0.3) is 0 Å². The van der Waals surface area contributed by atoms with Crippen molar-refractivity contribution in [2.75, 3.05) is 64.1 Å². The first kappa shape index (κ1) is 23.2. The molecule has 2 saturated heterocycles. The van der Waals surface area contributed by atoms with Gasteiger partial charge in [-0.15, -0.1) is 0 Å². The van der Waals surface area contributed by atoms with Crippen molar-refractivity contribution in [3.05, 3.63) is 46.9 Å². The summed E-state index contributed by atoms with van der Waals surface area (Å²) < 4.78 is 27.1. The summed E-state index contributed by atoms with van der Waals surface area (Å²) in [5.41, 5.74) is 3.39. The Labute approximate surface area is 190 Å². The van der Waals surface area contributed by atoms with E-state index in [0.29, 0.717) is 19.1 Å².